The predicted octanol–water partition coefficient (Wildman–Crippen LogP) is 2.83. The molecule has 0 bridgehead atoms. The number of aromatic nitrogens is 1. The largest absolute Gasteiger partial charge is 0.481 e. The molecule has 2 rings (SSSR count). The molecule has 0 radical (unpaired) electrons. The monoisotopic (exact) mass is 291 g/mol. The molecule has 1 fully saturated rings. The molecule has 1 aromatic rings. The van der Waals surface area contributed by atoms with Crippen molar-refractivity contribution in [3.05, 3.63) is 23.9 Å². The van der Waals surface area contributed by atoms with Gasteiger partial charge in [-0.3, -0.25) is 4.90 Å². The normalized spacial score (nSPS) is 22.2. The Hall–Kier alpha value is -1.13. The smallest absolute Gasteiger partial charge is 0.217 e. The van der Waals surface area contributed by atoms with E-state index in [9.17, 15) is 0 Å². The highest BCUT2D eigenvalue weighted by Crippen LogP contribution is 2.30. The summed E-state index contributed by atoms with van der Waals surface area (Å²) in [5.74, 6) is 0.755. The van der Waals surface area contributed by atoms with E-state index in [-0.39, 0.29) is 5.54 Å². The number of hydrogen-bond donors (Lipinski definition) is 1. The number of methoxy groups -OCH3 is 1. The lowest BCUT2D eigenvalue weighted by molar-refractivity contribution is 0.0231. The Morgan fingerprint density at radius 3 is 2.76 bits per heavy atom. The molecule has 0 spiro atoms. The third kappa shape index (κ3) is 3.38. The quantitative estimate of drug-likeness (QED) is 0.874. The van der Waals surface area contributed by atoms with Gasteiger partial charge < -0.3 is 10.1 Å². The minimum Gasteiger partial charge on any atom is -0.481 e. The summed E-state index contributed by atoms with van der Waals surface area (Å²) in [7, 11) is 1.70. The van der Waals surface area contributed by atoms with Crippen molar-refractivity contribution < 1.29 is 4.74 Å². The molecular weight excluding hydrogens is 262 g/mol. The Labute approximate surface area is 128 Å². The third-order valence-electron chi connectivity index (χ3n) is 5.04. The van der Waals surface area contributed by atoms with Gasteiger partial charge in [-0.25, -0.2) is 4.98 Å². The minimum absolute atomic E-state index is 0.243. The molecule has 4 heteroatoms. The van der Waals surface area contributed by atoms with Crippen molar-refractivity contribution in [2.75, 3.05) is 20.2 Å². The van der Waals surface area contributed by atoms with Crippen molar-refractivity contribution >= 4 is 0 Å². The van der Waals surface area contributed by atoms with Crippen LogP contribution in [0.15, 0.2) is 18.3 Å². The van der Waals surface area contributed by atoms with Crippen LogP contribution in [0.1, 0.15) is 45.6 Å². The summed E-state index contributed by atoms with van der Waals surface area (Å²) in [6, 6.07) is 4.71. The van der Waals surface area contributed by atoms with Gasteiger partial charge in [-0.1, -0.05) is 26.8 Å². The summed E-state index contributed by atoms with van der Waals surface area (Å²) in [4.78, 5) is 6.97. The van der Waals surface area contributed by atoms with Crippen molar-refractivity contribution in [1.29, 1.82) is 0 Å². The van der Waals surface area contributed by atoms with Crippen molar-refractivity contribution in [1.82, 2.24) is 15.2 Å². The Morgan fingerprint density at radius 2 is 2.14 bits per heavy atom. The summed E-state index contributed by atoms with van der Waals surface area (Å²) in [5, 5.41) is 3.72. The van der Waals surface area contributed by atoms with Crippen LogP contribution >= 0.6 is 0 Å². The number of hydrogen-bond acceptors (Lipinski definition) is 4. The number of ether oxygens (including phenoxy) is 1. The van der Waals surface area contributed by atoms with Crippen LogP contribution in [0, 0.1) is 0 Å². The fourth-order valence-corrected chi connectivity index (χ4v) is 3.36. The number of nitrogens with one attached hydrogen (secondary N) is 1. The lowest BCUT2D eigenvalue weighted by Gasteiger charge is -2.49. The molecule has 1 N–H and O–H groups in total. The van der Waals surface area contributed by atoms with Crippen LogP contribution < -0.4 is 10.1 Å². The van der Waals surface area contributed by atoms with Gasteiger partial charge in [0.05, 0.1) is 7.11 Å². The van der Waals surface area contributed by atoms with Crippen molar-refractivity contribution in [3.8, 4) is 5.88 Å². The average Bonchev–Trinajstić information content (AvgIpc) is 2.55. The molecule has 0 amide bonds. The van der Waals surface area contributed by atoms with E-state index in [1.165, 1.54) is 12.0 Å². The standard InChI is InChI=1S/C17H29N3O/c1-5-15-12-20(17(6-2,7-3)13-19-15)11-14-9-8-10-18-16(14)21-4/h8-10,15,19H,5-7,11-13H2,1-4H3. The average molecular weight is 291 g/mol. The van der Waals surface area contributed by atoms with Gasteiger partial charge >= 0.3 is 0 Å². The minimum atomic E-state index is 0.243. The van der Waals surface area contributed by atoms with E-state index in [0.29, 0.717) is 6.04 Å². The van der Waals surface area contributed by atoms with E-state index >= 15 is 0 Å². The molecule has 1 aromatic heterocycles. The van der Waals surface area contributed by atoms with E-state index in [1.54, 1.807) is 13.3 Å². The summed E-state index contributed by atoms with van der Waals surface area (Å²) < 4.78 is 5.42. The highest BCUT2D eigenvalue weighted by molar-refractivity contribution is 5.25. The van der Waals surface area contributed by atoms with Crippen LogP contribution in [0.2, 0.25) is 0 Å². The molecule has 118 valence electrons. The second kappa shape index (κ2) is 7.23. The number of piperazine rings is 1. The summed E-state index contributed by atoms with van der Waals surface area (Å²) in [5.41, 5.74) is 1.43. The first-order chi connectivity index (χ1) is 10.2. The van der Waals surface area contributed by atoms with Crippen molar-refractivity contribution in [2.24, 2.45) is 0 Å². The molecular formula is C17H29N3O. The third-order valence-corrected chi connectivity index (χ3v) is 5.04. The maximum Gasteiger partial charge on any atom is 0.217 e. The predicted molar refractivity (Wildman–Crippen MR) is 86.6 cm³/mol. The van der Waals surface area contributed by atoms with E-state index in [4.69, 9.17) is 4.74 Å². The van der Waals surface area contributed by atoms with Crippen molar-refractivity contribution in [3.63, 3.8) is 0 Å². The van der Waals surface area contributed by atoms with Crippen LogP contribution in [-0.4, -0.2) is 41.7 Å². The molecule has 0 saturated carbocycles. The van der Waals surface area contributed by atoms with Crippen LogP contribution in [-0.2, 0) is 6.54 Å². The molecule has 0 aliphatic carbocycles. The maximum atomic E-state index is 5.42. The fourth-order valence-electron chi connectivity index (χ4n) is 3.36. The summed E-state index contributed by atoms with van der Waals surface area (Å²) >= 11 is 0. The molecule has 1 unspecified atom stereocenters. The second-order valence-electron chi connectivity index (χ2n) is 5.97. The van der Waals surface area contributed by atoms with E-state index in [2.05, 4.69) is 42.0 Å². The molecule has 1 saturated heterocycles. The van der Waals surface area contributed by atoms with E-state index < -0.39 is 0 Å². The van der Waals surface area contributed by atoms with Crippen LogP contribution in [0.5, 0.6) is 5.88 Å². The second-order valence-corrected chi connectivity index (χ2v) is 5.97. The van der Waals surface area contributed by atoms with Gasteiger partial charge in [-0.15, -0.1) is 0 Å². The lowest BCUT2D eigenvalue weighted by Crippen LogP contribution is -2.63. The molecule has 1 aliphatic heterocycles. The highest BCUT2D eigenvalue weighted by atomic mass is 16.5. The zero-order valence-electron chi connectivity index (χ0n) is 13.9. The first kappa shape index (κ1) is 16.2. The van der Waals surface area contributed by atoms with E-state index in [1.807, 2.05) is 6.07 Å². The number of rotatable bonds is 6. The number of nitrogens with zero attached hydrogens (tertiary/aromatic N) is 2. The van der Waals surface area contributed by atoms with Gasteiger partial charge in [0.15, 0.2) is 0 Å². The molecule has 21 heavy (non-hydrogen) atoms. The summed E-state index contributed by atoms with van der Waals surface area (Å²) in [6.07, 6.45) is 5.29. The zero-order chi connectivity index (χ0) is 15.3. The van der Waals surface area contributed by atoms with Gasteiger partial charge in [0.1, 0.15) is 0 Å². The molecule has 4 nitrogen and oxygen atoms in total. The first-order valence-corrected chi connectivity index (χ1v) is 8.15. The fraction of sp³-hybridized carbons (Fsp3) is 0.706. The SMILES string of the molecule is CCC1CN(Cc2cccnc2OC)C(CC)(CC)CN1. The Morgan fingerprint density at radius 1 is 1.38 bits per heavy atom. The van der Waals surface area contributed by atoms with Gasteiger partial charge in [0.25, 0.3) is 0 Å². The van der Waals surface area contributed by atoms with Gasteiger partial charge in [-0.05, 0) is 25.3 Å². The highest BCUT2D eigenvalue weighted by Gasteiger charge is 2.38. The summed E-state index contributed by atoms with van der Waals surface area (Å²) in [6.45, 7) is 9.93. The molecule has 1 atom stereocenters. The van der Waals surface area contributed by atoms with E-state index in [0.717, 1.165) is 38.4 Å². The van der Waals surface area contributed by atoms with Crippen LogP contribution in [0.3, 0.4) is 0 Å². The topological polar surface area (TPSA) is 37.4 Å². The Balaban J connectivity index is 2.23. The molecule has 2 heterocycles. The van der Waals surface area contributed by atoms with Gasteiger partial charge in [0.2, 0.25) is 5.88 Å². The lowest BCUT2D eigenvalue weighted by atomic mass is 9.86. The van der Waals surface area contributed by atoms with Crippen molar-refractivity contribution in [2.45, 2.75) is 58.2 Å². The van der Waals surface area contributed by atoms with Gasteiger partial charge in [0, 0.05) is 43.0 Å². The van der Waals surface area contributed by atoms with Crippen LogP contribution in [0.25, 0.3) is 0 Å². The number of pyridine rings is 1. The first-order valence-electron chi connectivity index (χ1n) is 8.15. The Bertz CT molecular complexity index is 445. The van der Waals surface area contributed by atoms with Crippen LogP contribution in [0.4, 0.5) is 0 Å². The molecule has 1 aliphatic rings. The molecule has 0 aromatic carbocycles. The zero-order valence-corrected chi connectivity index (χ0v) is 13.9. The Kier molecular flexibility index (Phi) is 5.59. The van der Waals surface area contributed by atoms with Gasteiger partial charge in [-0.2, -0.15) is 0 Å². The maximum absolute atomic E-state index is 5.42.